The molecule has 0 aliphatic carbocycles. The molecule has 0 unspecified atom stereocenters. The van der Waals surface area contributed by atoms with E-state index in [1.54, 1.807) is 31.2 Å². The number of ether oxygens (including phenoxy) is 2. The summed E-state index contributed by atoms with van der Waals surface area (Å²) >= 11 is 0. The molecule has 37 heavy (non-hydrogen) atoms. The maximum Gasteiger partial charge on any atom is 0.339 e. The highest BCUT2D eigenvalue weighted by molar-refractivity contribution is 7.87. The van der Waals surface area contributed by atoms with Gasteiger partial charge >= 0.3 is 10.1 Å². The van der Waals surface area contributed by atoms with E-state index in [2.05, 4.69) is 5.32 Å². The summed E-state index contributed by atoms with van der Waals surface area (Å²) in [6.45, 7) is 1.85. The van der Waals surface area contributed by atoms with Crippen molar-refractivity contribution in [3.8, 4) is 23.3 Å². The Bertz CT molecular complexity index is 1490. The maximum absolute atomic E-state index is 12.7. The van der Waals surface area contributed by atoms with Crippen molar-refractivity contribution in [1.29, 1.82) is 5.26 Å². The van der Waals surface area contributed by atoms with Gasteiger partial charge < -0.3 is 19.0 Å². The van der Waals surface area contributed by atoms with Crippen LogP contribution in [0.4, 0.5) is 11.4 Å². The summed E-state index contributed by atoms with van der Waals surface area (Å²) in [5.74, 6) is -0.355. The third-order valence-corrected chi connectivity index (χ3v) is 6.08. The van der Waals surface area contributed by atoms with Crippen LogP contribution in [0.15, 0.2) is 77.2 Å². The molecule has 0 aliphatic heterocycles. The van der Waals surface area contributed by atoms with Crippen molar-refractivity contribution in [2.75, 3.05) is 19.0 Å². The van der Waals surface area contributed by atoms with Gasteiger partial charge in [-0.25, -0.2) is 0 Å². The van der Waals surface area contributed by atoms with Crippen molar-refractivity contribution >= 4 is 33.5 Å². The molecule has 0 fully saturated rings. The Hall–Kier alpha value is -4.89. The summed E-state index contributed by atoms with van der Waals surface area (Å²) in [6, 6.07) is 16.9. The van der Waals surface area contributed by atoms with Gasteiger partial charge in [0, 0.05) is 12.1 Å². The van der Waals surface area contributed by atoms with Crippen LogP contribution in [-0.4, -0.2) is 33.0 Å². The summed E-state index contributed by atoms with van der Waals surface area (Å²) < 4.78 is 41.3. The minimum Gasteiger partial charge on any atom is -0.495 e. The van der Waals surface area contributed by atoms with Gasteiger partial charge in [-0.1, -0.05) is 18.2 Å². The van der Waals surface area contributed by atoms with Gasteiger partial charge in [0.05, 0.1) is 24.3 Å². The number of carbonyl (C=O) groups excluding carboxylic acids is 1. The van der Waals surface area contributed by atoms with Gasteiger partial charge in [-0.2, -0.15) is 13.7 Å². The van der Waals surface area contributed by atoms with Gasteiger partial charge in [-0.15, -0.1) is 0 Å². The number of non-ortho nitro benzene ring substituents is 1. The number of nitriles is 1. The van der Waals surface area contributed by atoms with E-state index >= 15 is 0 Å². The van der Waals surface area contributed by atoms with Gasteiger partial charge in [0.15, 0.2) is 11.5 Å². The summed E-state index contributed by atoms with van der Waals surface area (Å²) in [5, 5.41) is 23.0. The molecule has 0 bridgehead atoms. The Labute approximate surface area is 212 Å². The number of hydrogen-bond donors (Lipinski definition) is 1. The first-order valence-corrected chi connectivity index (χ1v) is 12.1. The first-order valence-electron chi connectivity index (χ1n) is 10.7. The van der Waals surface area contributed by atoms with Crippen molar-refractivity contribution in [2.24, 2.45) is 0 Å². The molecular weight excluding hydrogens is 502 g/mol. The summed E-state index contributed by atoms with van der Waals surface area (Å²) in [4.78, 5) is 22.5. The van der Waals surface area contributed by atoms with Crippen molar-refractivity contribution in [3.63, 3.8) is 0 Å². The Morgan fingerprint density at radius 1 is 1.08 bits per heavy atom. The quantitative estimate of drug-likeness (QED) is 0.134. The van der Waals surface area contributed by atoms with Gasteiger partial charge in [-0.3, -0.25) is 14.9 Å². The molecule has 0 aliphatic rings. The van der Waals surface area contributed by atoms with Crippen LogP contribution in [0.2, 0.25) is 0 Å². The average Bonchev–Trinajstić information content (AvgIpc) is 2.89. The number of carbonyl (C=O) groups is 1. The van der Waals surface area contributed by atoms with Crippen molar-refractivity contribution in [2.45, 2.75) is 11.8 Å². The van der Waals surface area contributed by atoms with Gasteiger partial charge in [0.1, 0.15) is 22.3 Å². The fourth-order valence-corrected chi connectivity index (χ4v) is 4.04. The van der Waals surface area contributed by atoms with E-state index in [1.165, 1.54) is 31.4 Å². The summed E-state index contributed by atoms with van der Waals surface area (Å²) in [5.41, 5.74) is 0.260. The Kier molecular flexibility index (Phi) is 8.44. The molecule has 0 spiro atoms. The van der Waals surface area contributed by atoms with Crippen LogP contribution in [0.25, 0.3) is 6.08 Å². The number of para-hydroxylation sites is 2. The van der Waals surface area contributed by atoms with E-state index < -0.39 is 20.9 Å². The fourth-order valence-electron chi connectivity index (χ4n) is 3.11. The molecule has 3 rings (SSSR count). The first kappa shape index (κ1) is 26.7. The van der Waals surface area contributed by atoms with E-state index in [4.69, 9.17) is 13.7 Å². The highest BCUT2D eigenvalue weighted by Gasteiger charge is 2.21. The third kappa shape index (κ3) is 6.62. The number of nitro groups is 1. The highest BCUT2D eigenvalue weighted by atomic mass is 32.2. The zero-order valence-corrected chi connectivity index (χ0v) is 20.5. The number of benzene rings is 3. The van der Waals surface area contributed by atoms with Crippen molar-refractivity contribution in [3.05, 3.63) is 88.0 Å². The minimum atomic E-state index is -4.34. The molecule has 12 heteroatoms. The topological polar surface area (TPSA) is 158 Å². The number of methoxy groups -OCH3 is 1. The molecular formula is C25H21N3O8S. The SMILES string of the molecule is CCOc1cc(/C=C(\C#N)C(=O)Nc2ccccc2OC)ccc1OS(=O)(=O)c1ccc([N+](=O)[O-])cc1. The Balaban J connectivity index is 1.87. The maximum atomic E-state index is 12.7. The molecule has 0 heterocycles. The molecule has 0 saturated heterocycles. The second-order valence-corrected chi connectivity index (χ2v) is 8.80. The van der Waals surface area contributed by atoms with Crippen LogP contribution in [0.1, 0.15) is 12.5 Å². The van der Waals surface area contributed by atoms with Crippen LogP contribution in [-0.2, 0) is 14.9 Å². The van der Waals surface area contributed by atoms with Gasteiger partial charge in [-0.05, 0) is 55.0 Å². The number of amides is 1. The standard InChI is InChI=1S/C25H21N3O8S/c1-3-35-24-15-17(14-18(16-26)25(29)27-21-6-4-5-7-22(21)34-2)8-13-23(24)36-37(32,33)20-11-9-19(10-12-20)28(30)31/h4-15H,3H2,1-2H3,(H,27,29)/b18-14+. The predicted molar refractivity (Wildman–Crippen MR) is 134 cm³/mol. The lowest BCUT2D eigenvalue weighted by atomic mass is 10.1. The molecule has 190 valence electrons. The number of anilines is 1. The summed E-state index contributed by atoms with van der Waals surface area (Å²) in [6.07, 6.45) is 1.31. The van der Waals surface area contributed by atoms with E-state index in [0.29, 0.717) is 17.0 Å². The molecule has 0 radical (unpaired) electrons. The highest BCUT2D eigenvalue weighted by Crippen LogP contribution is 2.32. The lowest BCUT2D eigenvalue weighted by Crippen LogP contribution is -2.14. The number of nitrogens with one attached hydrogen (secondary N) is 1. The predicted octanol–water partition coefficient (Wildman–Crippen LogP) is 4.32. The van der Waals surface area contributed by atoms with Crippen LogP contribution in [0.5, 0.6) is 17.2 Å². The second kappa shape index (κ2) is 11.7. The van der Waals surface area contributed by atoms with Crippen LogP contribution in [0.3, 0.4) is 0 Å². The molecule has 1 N–H and O–H groups in total. The zero-order chi connectivity index (χ0) is 27.0. The minimum absolute atomic E-state index is 0.0455. The smallest absolute Gasteiger partial charge is 0.339 e. The van der Waals surface area contributed by atoms with Crippen LogP contribution < -0.4 is 19.0 Å². The molecule has 1 amide bonds. The van der Waals surface area contributed by atoms with Crippen LogP contribution in [0, 0.1) is 21.4 Å². The number of nitrogens with zero attached hydrogens (tertiary/aromatic N) is 2. The molecule has 11 nitrogen and oxygen atoms in total. The third-order valence-electron chi connectivity index (χ3n) is 4.83. The first-order chi connectivity index (χ1) is 17.7. The van der Waals surface area contributed by atoms with E-state index in [-0.39, 0.29) is 34.3 Å². The normalized spacial score (nSPS) is 11.2. The van der Waals surface area contributed by atoms with Crippen molar-refractivity contribution in [1.82, 2.24) is 0 Å². The Morgan fingerprint density at radius 3 is 2.41 bits per heavy atom. The van der Waals surface area contributed by atoms with E-state index in [1.807, 2.05) is 6.07 Å². The van der Waals surface area contributed by atoms with E-state index in [0.717, 1.165) is 24.3 Å². The number of rotatable bonds is 10. The lowest BCUT2D eigenvalue weighted by Gasteiger charge is -2.13. The van der Waals surface area contributed by atoms with Gasteiger partial charge in [0.2, 0.25) is 0 Å². The second-order valence-electron chi connectivity index (χ2n) is 7.25. The lowest BCUT2D eigenvalue weighted by molar-refractivity contribution is -0.384. The monoisotopic (exact) mass is 523 g/mol. The van der Waals surface area contributed by atoms with Crippen molar-refractivity contribution < 1.29 is 31.8 Å². The molecule has 0 saturated carbocycles. The Morgan fingerprint density at radius 2 is 1.78 bits per heavy atom. The average molecular weight is 524 g/mol. The van der Waals surface area contributed by atoms with Crippen LogP contribution >= 0.6 is 0 Å². The zero-order valence-electron chi connectivity index (χ0n) is 19.7. The fraction of sp³-hybridized carbons (Fsp3) is 0.120. The molecule has 0 atom stereocenters. The molecule has 0 aromatic heterocycles. The van der Waals surface area contributed by atoms with E-state index in [9.17, 15) is 28.6 Å². The number of hydrogen-bond acceptors (Lipinski definition) is 9. The number of nitro benzene ring substituents is 1. The molecule has 3 aromatic rings. The largest absolute Gasteiger partial charge is 0.495 e. The molecule has 3 aromatic carbocycles. The van der Waals surface area contributed by atoms with Gasteiger partial charge in [0.25, 0.3) is 11.6 Å². The summed E-state index contributed by atoms with van der Waals surface area (Å²) in [7, 11) is -2.89.